The fourth-order valence-electron chi connectivity index (χ4n) is 2.26. The summed E-state index contributed by atoms with van der Waals surface area (Å²) in [5.74, 6) is -0.398. The lowest BCUT2D eigenvalue weighted by molar-refractivity contribution is -0.126. The van der Waals surface area contributed by atoms with Crippen molar-refractivity contribution in [3.8, 4) is 0 Å². The molecule has 1 aromatic rings. The number of hydrogen-bond acceptors (Lipinski definition) is 3. The summed E-state index contributed by atoms with van der Waals surface area (Å²) in [6, 6.07) is 6.82. The molecule has 1 fully saturated rings. The molecule has 0 radical (unpaired) electrons. The topological polar surface area (TPSA) is 78.5 Å². The van der Waals surface area contributed by atoms with E-state index in [9.17, 15) is 14.4 Å². The maximum atomic E-state index is 12.1. The molecule has 0 aliphatic carbocycles. The van der Waals surface area contributed by atoms with Crippen LogP contribution in [0.25, 0.3) is 0 Å². The van der Waals surface area contributed by atoms with E-state index < -0.39 is 0 Å². The van der Waals surface area contributed by atoms with Crippen molar-refractivity contribution in [3.63, 3.8) is 0 Å². The molecule has 1 unspecified atom stereocenters. The van der Waals surface area contributed by atoms with E-state index in [0.717, 1.165) is 5.56 Å². The minimum absolute atomic E-state index is 0.0404. The molecule has 1 saturated heterocycles. The Balaban J connectivity index is 1.89. The van der Waals surface area contributed by atoms with E-state index in [1.807, 2.05) is 0 Å². The van der Waals surface area contributed by atoms with Crippen molar-refractivity contribution >= 4 is 17.7 Å². The zero-order valence-corrected chi connectivity index (χ0v) is 12.5. The fourth-order valence-corrected chi connectivity index (χ4v) is 2.26. The van der Waals surface area contributed by atoms with E-state index in [-0.39, 0.29) is 23.8 Å². The first-order valence-corrected chi connectivity index (χ1v) is 7.03. The molecule has 1 aromatic carbocycles. The van der Waals surface area contributed by atoms with Crippen LogP contribution in [0.3, 0.4) is 0 Å². The molecule has 1 heterocycles. The number of rotatable bonds is 5. The molecule has 2 N–H and O–H groups in total. The minimum atomic E-state index is -0.239. The summed E-state index contributed by atoms with van der Waals surface area (Å²) in [5, 5.41) is 5.52. The zero-order valence-electron chi connectivity index (χ0n) is 12.5. The number of hydrogen-bond donors (Lipinski definition) is 2. The van der Waals surface area contributed by atoms with Gasteiger partial charge in [-0.05, 0) is 23.8 Å². The van der Waals surface area contributed by atoms with Gasteiger partial charge in [0.15, 0.2) is 0 Å². The van der Waals surface area contributed by atoms with Crippen LogP contribution in [0.15, 0.2) is 36.9 Å². The van der Waals surface area contributed by atoms with Gasteiger partial charge < -0.3 is 15.5 Å². The normalized spacial score (nSPS) is 17.2. The highest BCUT2D eigenvalue weighted by Crippen LogP contribution is 2.10. The summed E-state index contributed by atoms with van der Waals surface area (Å²) in [6.45, 7) is 4.30. The van der Waals surface area contributed by atoms with Crippen molar-refractivity contribution in [1.82, 2.24) is 15.5 Å². The van der Waals surface area contributed by atoms with Crippen LogP contribution in [0.2, 0.25) is 0 Å². The summed E-state index contributed by atoms with van der Waals surface area (Å²) in [6.07, 6.45) is 1.55. The van der Waals surface area contributed by atoms with Gasteiger partial charge in [0.2, 0.25) is 11.8 Å². The molecule has 0 saturated carbocycles. The first kappa shape index (κ1) is 15.8. The second-order valence-electron chi connectivity index (χ2n) is 5.27. The SMILES string of the molecule is C=CC(=O)NCc1ccc(C(=O)NC2CC(=O)N(C)C2)cc1. The van der Waals surface area contributed by atoms with E-state index in [2.05, 4.69) is 17.2 Å². The van der Waals surface area contributed by atoms with E-state index in [4.69, 9.17) is 0 Å². The fraction of sp³-hybridized carbons (Fsp3) is 0.312. The number of amides is 3. The maximum Gasteiger partial charge on any atom is 0.251 e. The Morgan fingerprint density at radius 3 is 2.59 bits per heavy atom. The average molecular weight is 301 g/mol. The lowest BCUT2D eigenvalue weighted by atomic mass is 10.1. The Kier molecular flexibility index (Phi) is 4.93. The van der Waals surface area contributed by atoms with Crippen LogP contribution in [0.1, 0.15) is 22.3 Å². The van der Waals surface area contributed by atoms with Gasteiger partial charge in [-0.2, -0.15) is 0 Å². The summed E-state index contributed by atoms with van der Waals surface area (Å²) in [4.78, 5) is 36.2. The third-order valence-corrected chi connectivity index (χ3v) is 3.54. The predicted octanol–water partition coefficient (Wildman–Crippen LogP) is 0.449. The van der Waals surface area contributed by atoms with Gasteiger partial charge in [0.25, 0.3) is 5.91 Å². The number of nitrogens with zero attached hydrogens (tertiary/aromatic N) is 1. The molecule has 3 amide bonds. The Morgan fingerprint density at radius 2 is 2.05 bits per heavy atom. The number of carbonyl (C=O) groups is 3. The van der Waals surface area contributed by atoms with E-state index in [1.165, 1.54) is 6.08 Å². The standard InChI is InChI=1S/C16H19N3O3/c1-3-14(20)17-9-11-4-6-12(7-5-11)16(22)18-13-8-15(21)19(2)10-13/h3-7,13H,1,8-10H2,2H3,(H,17,20)(H,18,22). The highest BCUT2D eigenvalue weighted by Gasteiger charge is 2.27. The maximum absolute atomic E-state index is 12.1. The Morgan fingerprint density at radius 1 is 1.36 bits per heavy atom. The second kappa shape index (κ2) is 6.89. The average Bonchev–Trinajstić information content (AvgIpc) is 2.83. The molecule has 116 valence electrons. The molecule has 1 atom stereocenters. The van der Waals surface area contributed by atoms with Crippen LogP contribution >= 0.6 is 0 Å². The molecular weight excluding hydrogens is 282 g/mol. The van der Waals surface area contributed by atoms with Crippen LogP contribution in [-0.4, -0.2) is 42.3 Å². The number of carbonyl (C=O) groups excluding carboxylic acids is 3. The lowest BCUT2D eigenvalue weighted by Crippen LogP contribution is -2.36. The van der Waals surface area contributed by atoms with Crippen molar-refractivity contribution in [2.45, 2.75) is 19.0 Å². The van der Waals surface area contributed by atoms with Gasteiger partial charge >= 0.3 is 0 Å². The summed E-state index contributed by atoms with van der Waals surface area (Å²) in [7, 11) is 1.72. The van der Waals surface area contributed by atoms with Crippen LogP contribution in [0, 0.1) is 0 Å². The highest BCUT2D eigenvalue weighted by atomic mass is 16.2. The quantitative estimate of drug-likeness (QED) is 0.775. The van der Waals surface area contributed by atoms with Crippen molar-refractivity contribution in [3.05, 3.63) is 48.0 Å². The smallest absolute Gasteiger partial charge is 0.251 e. The number of nitrogens with one attached hydrogen (secondary N) is 2. The Bertz CT molecular complexity index is 595. The Hall–Kier alpha value is -2.63. The van der Waals surface area contributed by atoms with E-state index in [1.54, 1.807) is 36.2 Å². The number of likely N-dealkylation sites (tertiary alicyclic amines) is 1. The monoisotopic (exact) mass is 301 g/mol. The van der Waals surface area contributed by atoms with Crippen molar-refractivity contribution in [2.24, 2.45) is 0 Å². The molecule has 0 bridgehead atoms. The van der Waals surface area contributed by atoms with Gasteiger partial charge in [0.05, 0.1) is 6.04 Å². The van der Waals surface area contributed by atoms with Crippen molar-refractivity contribution in [2.75, 3.05) is 13.6 Å². The van der Waals surface area contributed by atoms with Crippen molar-refractivity contribution in [1.29, 1.82) is 0 Å². The number of likely N-dealkylation sites (N-methyl/N-ethyl adjacent to an activating group) is 1. The van der Waals surface area contributed by atoms with Crippen LogP contribution in [0.4, 0.5) is 0 Å². The first-order chi connectivity index (χ1) is 10.5. The van der Waals surface area contributed by atoms with Gasteiger partial charge in [0.1, 0.15) is 0 Å². The van der Waals surface area contributed by atoms with Crippen LogP contribution < -0.4 is 10.6 Å². The second-order valence-corrected chi connectivity index (χ2v) is 5.27. The minimum Gasteiger partial charge on any atom is -0.348 e. The molecule has 1 aliphatic heterocycles. The van der Waals surface area contributed by atoms with E-state index >= 15 is 0 Å². The molecule has 1 aliphatic rings. The van der Waals surface area contributed by atoms with Gasteiger partial charge in [0, 0.05) is 32.1 Å². The van der Waals surface area contributed by atoms with Gasteiger partial charge in [-0.1, -0.05) is 18.7 Å². The Labute approximate surface area is 129 Å². The van der Waals surface area contributed by atoms with Crippen LogP contribution in [-0.2, 0) is 16.1 Å². The molecule has 6 heteroatoms. The molecule has 0 spiro atoms. The number of benzene rings is 1. The third-order valence-electron chi connectivity index (χ3n) is 3.54. The van der Waals surface area contributed by atoms with Gasteiger partial charge in [-0.15, -0.1) is 0 Å². The van der Waals surface area contributed by atoms with Crippen molar-refractivity contribution < 1.29 is 14.4 Å². The molecule has 22 heavy (non-hydrogen) atoms. The van der Waals surface area contributed by atoms with E-state index in [0.29, 0.717) is 25.1 Å². The highest BCUT2D eigenvalue weighted by molar-refractivity contribution is 5.95. The molecule has 0 aromatic heterocycles. The lowest BCUT2D eigenvalue weighted by Gasteiger charge is -2.12. The first-order valence-electron chi connectivity index (χ1n) is 7.03. The van der Waals surface area contributed by atoms with Gasteiger partial charge in [-0.3, -0.25) is 14.4 Å². The van der Waals surface area contributed by atoms with Crippen LogP contribution in [0.5, 0.6) is 0 Å². The summed E-state index contributed by atoms with van der Waals surface area (Å²) in [5.41, 5.74) is 1.42. The van der Waals surface area contributed by atoms with Gasteiger partial charge in [-0.25, -0.2) is 0 Å². The molecule has 2 rings (SSSR count). The zero-order chi connectivity index (χ0) is 16.1. The molecular formula is C16H19N3O3. The molecule has 6 nitrogen and oxygen atoms in total. The summed E-state index contributed by atoms with van der Waals surface area (Å²) >= 11 is 0. The third kappa shape index (κ3) is 3.94. The summed E-state index contributed by atoms with van der Waals surface area (Å²) < 4.78 is 0. The predicted molar refractivity (Wildman–Crippen MR) is 82.0 cm³/mol. The largest absolute Gasteiger partial charge is 0.348 e.